The molecule has 2 aromatic rings. The Hall–Kier alpha value is -2.08. The van der Waals surface area contributed by atoms with Gasteiger partial charge in [-0.1, -0.05) is 0 Å². The largest absolute Gasteiger partial charge is 0.467 e. The second-order valence-corrected chi connectivity index (χ2v) is 4.42. The van der Waals surface area contributed by atoms with E-state index in [4.69, 9.17) is 4.42 Å². The molecule has 19 heavy (non-hydrogen) atoms. The summed E-state index contributed by atoms with van der Waals surface area (Å²) in [4.78, 5) is 11.8. The van der Waals surface area contributed by atoms with Crippen molar-refractivity contribution in [2.45, 2.75) is 33.0 Å². The third-order valence-corrected chi connectivity index (χ3v) is 2.94. The molecule has 0 spiro atoms. The molecule has 0 saturated heterocycles. The number of H-pyrrole nitrogens is 1. The first-order valence-electron chi connectivity index (χ1n) is 6.19. The summed E-state index contributed by atoms with van der Waals surface area (Å²) in [5.74, 6) is 0.684. The fourth-order valence-corrected chi connectivity index (χ4v) is 1.65. The Bertz CT molecular complexity index is 518. The summed E-state index contributed by atoms with van der Waals surface area (Å²) in [6, 6.07) is 3.35. The van der Waals surface area contributed by atoms with Crippen molar-refractivity contribution >= 4 is 5.91 Å². The van der Waals surface area contributed by atoms with E-state index in [9.17, 15) is 4.79 Å². The second-order valence-electron chi connectivity index (χ2n) is 4.42. The van der Waals surface area contributed by atoms with E-state index in [1.54, 1.807) is 18.5 Å². The highest BCUT2D eigenvalue weighted by atomic mass is 16.3. The number of aryl methyl sites for hydroxylation is 1. The molecular formula is C13H18N4O2. The summed E-state index contributed by atoms with van der Waals surface area (Å²) in [5.41, 5.74) is 2.07. The zero-order valence-corrected chi connectivity index (χ0v) is 11.1. The van der Waals surface area contributed by atoms with E-state index in [1.165, 1.54) is 0 Å². The third kappa shape index (κ3) is 3.69. The first kappa shape index (κ1) is 13.4. The van der Waals surface area contributed by atoms with Gasteiger partial charge in [0, 0.05) is 17.8 Å². The van der Waals surface area contributed by atoms with Crippen LogP contribution in [0.25, 0.3) is 0 Å². The van der Waals surface area contributed by atoms with Crippen LogP contribution in [0.1, 0.15) is 23.9 Å². The van der Waals surface area contributed by atoms with Crippen LogP contribution in [0, 0.1) is 6.92 Å². The Balaban J connectivity index is 1.75. The van der Waals surface area contributed by atoms with Gasteiger partial charge in [0.05, 0.1) is 25.0 Å². The summed E-state index contributed by atoms with van der Waals surface area (Å²) < 4.78 is 5.15. The van der Waals surface area contributed by atoms with Crippen molar-refractivity contribution in [3.05, 3.63) is 41.6 Å². The van der Waals surface area contributed by atoms with Crippen molar-refractivity contribution in [3.8, 4) is 0 Å². The zero-order valence-electron chi connectivity index (χ0n) is 11.1. The van der Waals surface area contributed by atoms with Crippen LogP contribution in [0.3, 0.4) is 0 Å². The van der Waals surface area contributed by atoms with Crippen LogP contribution in [0.4, 0.5) is 0 Å². The highest BCUT2D eigenvalue weighted by Crippen LogP contribution is 2.02. The highest BCUT2D eigenvalue weighted by Gasteiger charge is 2.12. The molecule has 0 aliphatic carbocycles. The molecule has 2 rings (SSSR count). The smallest absolute Gasteiger partial charge is 0.237 e. The maximum atomic E-state index is 11.8. The van der Waals surface area contributed by atoms with Crippen LogP contribution < -0.4 is 10.6 Å². The standard InChI is InChI=1S/C13H18N4O2/c1-9-11(7-16-17-9)6-14-10(2)13(18)15-8-12-4-3-5-19-12/h3-5,7,10,14H,6,8H2,1-2H3,(H,15,18)(H,16,17). The molecule has 2 heterocycles. The number of rotatable bonds is 6. The maximum Gasteiger partial charge on any atom is 0.237 e. The average molecular weight is 262 g/mol. The van der Waals surface area contributed by atoms with Gasteiger partial charge in [0.2, 0.25) is 5.91 Å². The van der Waals surface area contributed by atoms with Crippen molar-refractivity contribution in [2.24, 2.45) is 0 Å². The van der Waals surface area contributed by atoms with E-state index >= 15 is 0 Å². The fraction of sp³-hybridized carbons (Fsp3) is 0.385. The molecule has 1 atom stereocenters. The molecule has 2 aromatic heterocycles. The van der Waals surface area contributed by atoms with Crippen molar-refractivity contribution in [3.63, 3.8) is 0 Å². The number of nitrogens with one attached hydrogen (secondary N) is 3. The van der Waals surface area contributed by atoms with Crippen LogP contribution in [0.5, 0.6) is 0 Å². The van der Waals surface area contributed by atoms with Crippen LogP contribution in [0.2, 0.25) is 0 Å². The number of furan rings is 1. The molecule has 0 fully saturated rings. The molecule has 6 heteroatoms. The van der Waals surface area contributed by atoms with E-state index in [2.05, 4.69) is 20.8 Å². The van der Waals surface area contributed by atoms with Crippen molar-refractivity contribution < 1.29 is 9.21 Å². The molecule has 1 amide bonds. The molecule has 0 aliphatic rings. The predicted molar refractivity (Wildman–Crippen MR) is 70.2 cm³/mol. The van der Waals surface area contributed by atoms with E-state index in [-0.39, 0.29) is 11.9 Å². The Kier molecular flexibility index (Phi) is 4.35. The minimum Gasteiger partial charge on any atom is -0.467 e. The highest BCUT2D eigenvalue weighted by molar-refractivity contribution is 5.81. The molecule has 0 aliphatic heterocycles. The SMILES string of the molecule is Cc1[nH]ncc1CNC(C)C(=O)NCc1ccco1. The van der Waals surface area contributed by atoms with Crippen LogP contribution >= 0.6 is 0 Å². The summed E-state index contributed by atoms with van der Waals surface area (Å²) in [5, 5.41) is 12.8. The van der Waals surface area contributed by atoms with Gasteiger partial charge in [-0.15, -0.1) is 0 Å². The lowest BCUT2D eigenvalue weighted by Gasteiger charge is -2.13. The van der Waals surface area contributed by atoms with E-state index in [0.717, 1.165) is 17.0 Å². The number of aromatic nitrogens is 2. The minimum atomic E-state index is -0.274. The summed E-state index contributed by atoms with van der Waals surface area (Å²) in [7, 11) is 0. The van der Waals surface area contributed by atoms with E-state index in [1.807, 2.05) is 19.9 Å². The molecule has 0 radical (unpaired) electrons. The monoisotopic (exact) mass is 262 g/mol. The van der Waals surface area contributed by atoms with E-state index in [0.29, 0.717) is 13.1 Å². The van der Waals surface area contributed by atoms with Gasteiger partial charge in [0.1, 0.15) is 5.76 Å². The van der Waals surface area contributed by atoms with E-state index < -0.39 is 0 Å². The predicted octanol–water partition coefficient (Wildman–Crippen LogP) is 1.11. The molecule has 102 valence electrons. The molecule has 6 nitrogen and oxygen atoms in total. The van der Waals surface area contributed by atoms with Crippen LogP contribution in [-0.2, 0) is 17.9 Å². The number of carbonyl (C=O) groups excluding carboxylic acids is 1. The van der Waals surface area contributed by atoms with Crippen molar-refractivity contribution in [1.82, 2.24) is 20.8 Å². The first-order chi connectivity index (χ1) is 9.16. The lowest BCUT2D eigenvalue weighted by Crippen LogP contribution is -2.41. The minimum absolute atomic E-state index is 0.0578. The molecule has 0 bridgehead atoms. The number of aromatic amines is 1. The van der Waals surface area contributed by atoms with Gasteiger partial charge in [-0.25, -0.2) is 0 Å². The van der Waals surface area contributed by atoms with Crippen LogP contribution in [-0.4, -0.2) is 22.1 Å². The Morgan fingerprint density at radius 1 is 1.53 bits per heavy atom. The number of carbonyl (C=O) groups is 1. The third-order valence-electron chi connectivity index (χ3n) is 2.94. The molecule has 3 N–H and O–H groups in total. The Morgan fingerprint density at radius 2 is 2.37 bits per heavy atom. The van der Waals surface area contributed by atoms with Gasteiger partial charge in [-0.05, 0) is 26.0 Å². The van der Waals surface area contributed by atoms with Crippen molar-refractivity contribution in [1.29, 1.82) is 0 Å². The second kappa shape index (κ2) is 6.19. The summed E-state index contributed by atoms with van der Waals surface area (Å²) in [6.07, 6.45) is 3.35. The molecular weight excluding hydrogens is 244 g/mol. The van der Waals surface area contributed by atoms with Gasteiger partial charge in [0.15, 0.2) is 0 Å². The van der Waals surface area contributed by atoms with Crippen molar-refractivity contribution in [2.75, 3.05) is 0 Å². The molecule has 0 saturated carbocycles. The maximum absolute atomic E-state index is 11.8. The number of hydrogen-bond donors (Lipinski definition) is 3. The Morgan fingerprint density at radius 3 is 3.00 bits per heavy atom. The van der Waals surface area contributed by atoms with Crippen LogP contribution in [0.15, 0.2) is 29.0 Å². The normalized spacial score (nSPS) is 12.3. The van der Waals surface area contributed by atoms with Gasteiger partial charge in [0.25, 0.3) is 0 Å². The fourth-order valence-electron chi connectivity index (χ4n) is 1.65. The topological polar surface area (TPSA) is 83.0 Å². The number of amides is 1. The summed E-state index contributed by atoms with van der Waals surface area (Å²) in [6.45, 7) is 4.79. The molecule has 0 aromatic carbocycles. The van der Waals surface area contributed by atoms with Gasteiger partial charge < -0.3 is 15.1 Å². The first-order valence-corrected chi connectivity index (χ1v) is 6.19. The Labute approximate surface area is 111 Å². The quantitative estimate of drug-likeness (QED) is 0.728. The number of nitrogens with zero attached hydrogens (tertiary/aromatic N) is 1. The van der Waals surface area contributed by atoms with Gasteiger partial charge >= 0.3 is 0 Å². The van der Waals surface area contributed by atoms with Gasteiger partial charge in [-0.2, -0.15) is 5.10 Å². The zero-order chi connectivity index (χ0) is 13.7. The van der Waals surface area contributed by atoms with Gasteiger partial charge in [-0.3, -0.25) is 9.89 Å². The summed E-state index contributed by atoms with van der Waals surface area (Å²) >= 11 is 0. The average Bonchev–Trinajstić information content (AvgIpc) is 3.04. The lowest BCUT2D eigenvalue weighted by atomic mass is 10.2. The molecule has 1 unspecified atom stereocenters. The number of hydrogen-bond acceptors (Lipinski definition) is 4. The lowest BCUT2D eigenvalue weighted by molar-refractivity contribution is -0.123.